The minimum absolute atomic E-state index is 0.0376. The fourth-order valence-corrected chi connectivity index (χ4v) is 4.73. The van der Waals surface area contributed by atoms with Gasteiger partial charge >= 0.3 is 5.63 Å². The van der Waals surface area contributed by atoms with E-state index >= 15 is 0 Å². The third-order valence-corrected chi connectivity index (χ3v) is 6.64. The zero-order chi connectivity index (χ0) is 25.7. The van der Waals surface area contributed by atoms with Crippen LogP contribution in [0, 0.1) is 6.92 Å². The maximum Gasteiger partial charge on any atom is 0.343 e. The number of fused-ring (bicyclic) bond motifs is 2. The van der Waals surface area contributed by atoms with E-state index in [1.165, 1.54) is 12.5 Å². The Morgan fingerprint density at radius 2 is 1.73 bits per heavy atom. The van der Waals surface area contributed by atoms with Crippen LogP contribution in [-0.2, 0) is 0 Å². The van der Waals surface area contributed by atoms with Crippen molar-refractivity contribution in [2.24, 2.45) is 0 Å². The van der Waals surface area contributed by atoms with Crippen LogP contribution in [0.3, 0.4) is 0 Å². The maximum atomic E-state index is 13.1. The van der Waals surface area contributed by atoms with Gasteiger partial charge in [-0.3, -0.25) is 4.98 Å². The molecule has 182 valence electrons. The van der Waals surface area contributed by atoms with Crippen LogP contribution in [0.2, 0.25) is 0 Å². The first kappa shape index (κ1) is 22.4. The van der Waals surface area contributed by atoms with E-state index in [4.69, 9.17) is 15.2 Å². The van der Waals surface area contributed by atoms with Crippen LogP contribution in [0.4, 0.5) is 5.82 Å². The highest BCUT2D eigenvalue weighted by Gasteiger charge is 2.27. The molecule has 4 aromatic heterocycles. The van der Waals surface area contributed by atoms with Gasteiger partial charge in [0.05, 0.1) is 17.0 Å². The second-order valence-electron chi connectivity index (χ2n) is 8.80. The largest absolute Gasteiger partial charge is 0.506 e. The highest BCUT2D eigenvalue weighted by molar-refractivity contribution is 5.99. The molecular weight excluding hydrogens is 468 g/mol. The van der Waals surface area contributed by atoms with Gasteiger partial charge in [0, 0.05) is 28.3 Å². The van der Waals surface area contributed by atoms with Gasteiger partial charge in [-0.15, -0.1) is 0 Å². The lowest BCUT2D eigenvalue weighted by molar-refractivity contribution is 0.405. The lowest BCUT2D eigenvalue weighted by Gasteiger charge is -2.18. The van der Waals surface area contributed by atoms with Gasteiger partial charge in [-0.25, -0.2) is 19.4 Å². The molecule has 1 atom stereocenters. The number of nitrogens with two attached hydrogens (primary N) is 1. The number of hydrogen-bond donors (Lipinski definition) is 2. The summed E-state index contributed by atoms with van der Waals surface area (Å²) in [6.07, 6.45) is 4.36. The standard InChI is InChI=1S/C28H22N6O3/c1-15-20(12-30-13-21(15)35)24-23-26(29)31-14-32-27(23)34(33-24)16(2)25-22(17-8-4-3-5-9-17)18-10-6-7-11-19(18)28(36)37-25/h3-14,16,35H,1-2H3,(H2,29,31,32). The molecule has 1 unspecified atom stereocenters. The Morgan fingerprint density at radius 3 is 2.51 bits per heavy atom. The zero-order valence-electron chi connectivity index (χ0n) is 20.1. The summed E-state index contributed by atoms with van der Waals surface area (Å²) in [5.74, 6) is 0.716. The lowest BCUT2D eigenvalue weighted by atomic mass is 9.96. The second kappa shape index (κ2) is 8.56. The van der Waals surface area contributed by atoms with Crippen molar-refractivity contribution < 1.29 is 9.52 Å². The molecule has 0 saturated heterocycles. The molecule has 0 spiro atoms. The van der Waals surface area contributed by atoms with Gasteiger partial charge < -0.3 is 15.3 Å². The summed E-state index contributed by atoms with van der Waals surface area (Å²) in [6.45, 7) is 3.66. The topological polar surface area (TPSA) is 133 Å². The predicted octanol–water partition coefficient (Wildman–Crippen LogP) is 4.87. The Bertz CT molecular complexity index is 1860. The Morgan fingerprint density at radius 1 is 1.00 bits per heavy atom. The van der Waals surface area contributed by atoms with Crippen molar-refractivity contribution in [3.05, 3.63) is 95.1 Å². The predicted molar refractivity (Wildman–Crippen MR) is 141 cm³/mol. The molecule has 0 bridgehead atoms. The minimum atomic E-state index is -0.552. The summed E-state index contributed by atoms with van der Waals surface area (Å²) in [7, 11) is 0. The molecule has 0 aliphatic rings. The van der Waals surface area contributed by atoms with Crippen molar-refractivity contribution in [2.75, 3.05) is 5.73 Å². The van der Waals surface area contributed by atoms with E-state index in [0.29, 0.717) is 39.0 Å². The van der Waals surface area contributed by atoms with Crippen LogP contribution in [0.5, 0.6) is 5.75 Å². The molecule has 6 rings (SSSR count). The second-order valence-corrected chi connectivity index (χ2v) is 8.80. The third kappa shape index (κ3) is 3.51. The average Bonchev–Trinajstić information content (AvgIpc) is 3.31. The molecular formula is C28H22N6O3. The fraction of sp³-hybridized carbons (Fsp3) is 0.107. The number of hydrogen-bond acceptors (Lipinski definition) is 8. The van der Waals surface area contributed by atoms with Crippen molar-refractivity contribution in [1.82, 2.24) is 24.7 Å². The lowest BCUT2D eigenvalue weighted by Crippen LogP contribution is -2.14. The van der Waals surface area contributed by atoms with Gasteiger partial charge in [-0.2, -0.15) is 5.10 Å². The van der Waals surface area contributed by atoms with Gasteiger partial charge in [-0.05, 0) is 25.5 Å². The Labute approximate surface area is 210 Å². The molecule has 0 fully saturated rings. The number of nitrogen functional groups attached to an aromatic ring is 1. The molecule has 4 heterocycles. The van der Waals surface area contributed by atoms with Crippen molar-refractivity contribution in [3.63, 3.8) is 0 Å². The number of aromatic hydroxyl groups is 1. The number of nitrogens with zero attached hydrogens (tertiary/aromatic N) is 5. The van der Waals surface area contributed by atoms with Crippen LogP contribution in [0.15, 0.2) is 82.5 Å². The highest BCUT2D eigenvalue weighted by atomic mass is 16.4. The molecule has 9 heteroatoms. The molecule has 9 nitrogen and oxygen atoms in total. The SMILES string of the molecule is Cc1c(O)cncc1-c1nn(C(C)c2oc(=O)c3ccccc3c2-c2ccccc2)c2ncnc(N)c12. The fourth-order valence-electron chi connectivity index (χ4n) is 4.73. The molecule has 3 N–H and O–H groups in total. The van der Waals surface area contributed by atoms with Gasteiger partial charge in [0.25, 0.3) is 0 Å². The molecule has 0 aliphatic heterocycles. The van der Waals surface area contributed by atoms with E-state index in [9.17, 15) is 9.90 Å². The smallest absolute Gasteiger partial charge is 0.343 e. The number of pyridine rings is 1. The first-order chi connectivity index (χ1) is 18.0. The van der Waals surface area contributed by atoms with E-state index in [-0.39, 0.29) is 11.6 Å². The van der Waals surface area contributed by atoms with Gasteiger partial charge in [0.1, 0.15) is 35.4 Å². The number of benzene rings is 2. The summed E-state index contributed by atoms with van der Waals surface area (Å²) in [4.78, 5) is 25.8. The van der Waals surface area contributed by atoms with Crippen molar-refractivity contribution in [3.8, 4) is 28.1 Å². The van der Waals surface area contributed by atoms with Crippen LogP contribution < -0.4 is 11.4 Å². The van der Waals surface area contributed by atoms with Gasteiger partial charge in [-0.1, -0.05) is 48.5 Å². The van der Waals surface area contributed by atoms with Crippen molar-refractivity contribution >= 4 is 27.6 Å². The van der Waals surface area contributed by atoms with E-state index < -0.39 is 11.7 Å². The van der Waals surface area contributed by atoms with Crippen molar-refractivity contribution in [1.29, 1.82) is 0 Å². The van der Waals surface area contributed by atoms with Crippen LogP contribution in [-0.4, -0.2) is 29.8 Å². The summed E-state index contributed by atoms with van der Waals surface area (Å²) in [5.41, 5.74) is 9.70. The quantitative estimate of drug-likeness (QED) is 0.358. The molecule has 0 aliphatic carbocycles. The molecule has 37 heavy (non-hydrogen) atoms. The first-order valence-electron chi connectivity index (χ1n) is 11.7. The Balaban J connectivity index is 1.66. The molecule has 0 amide bonds. The Kier molecular flexibility index (Phi) is 5.19. The van der Waals surface area contributed by atoms with Crippen LogP contribution in [0.25, 0.3) is 44.2 Å². The molecule has 0 saturated carbocycles. The highest BCUT2D eigenvalue weighted by Crippen LogP contribution is 2.39. The summed E-state index contributed by atoms with van der Waals surface area (Å²) < 4.78 is 7.66. The number of anilines is 1. The number of aromatic nitrogens is 5. The first-order valence-corrected chi connectivity index (χ1v) is 11.7. The number of rotatable bonds is 4. The molecule has 2 aromatic carbocycles. The third-order valence-electron chi connectivity index (χ3n) is 6.64. The molecule has 0 radical (unpaired) electrons. The zero-order valence-corrected chi connectivity index (χ0v) is 20.1. The van der Waals surface area contributed by atoms with Crippen LogP contribution >= 0.6 is 0 Å². The minimum Gasteiger partial charge on any atom is -0.506 e. The van der Waals surface area contributed by atoms with Gasteiger partial charge in [0.15, 0.2) is 5.65 Å². The van der Waals surface area contributed by atoms with Crippen molar-refractivity contribution in [2.45, 2.75) is 19.9 Å². The summed E-state index contributed by atoms with van der Waals surface area (Å²) in [6, 6.07) is 16.6. The summed E-state index contributed by atoms with van der Waals surface area (Å²) >= 11 is 0. The summed E-state index contributed by atoms with van der Waals surface area (Å²) in [5, 5.41) is 16.9. The van der Waals surface area contributed by atoms with E-state index in [1.54, 1.807) is 23.9 Å². The normalized spacial score (nSPS) is 12.3. The van der Waals surface area contributed by atoms with Gasteiger partial charge in [0.2, 0.25) is 0 Å². The average molecular weight is 491 g/mol. The van der Waals surface area contributed by atoms with E-state index in [2.05, 4.69) is 15.0 Å². The van der Waals surface area contributed by atoms with E-state index in [0.717, 1.165) is 16.5 Å². The molecule has 6 aromatic rings. The Hall–Kier alpha value is -5.05. The van der Waals surface area contributed by atoms with E-state index in [1.807, 2.05) is 55.5 Å². The monoisotopic (exact) mass is 490 g/mol. The van der Waals surface area contributed by atoms with Crippen LogP contribution in [0.1, 0.15) is 24.3 Å². The maximum absolute atomic E-state index is 13.1.